The summed E-state index contributed by atoms with van der Waals surface area (Å²) < 4.78 is 51.5. The lowest BCUT2D eigenvalue weighted by molar-refractivity contribution is -0.123. The first-order valence-electron chi connectivity index (χ1n) is 10.5. The standard InChI is InChI=1S/C26H18F3NO5/c1-13-22(31)16-9-6-10-17(24(16)35-23(13)15-7-4-3-5-8-15)26(33)34-14(2)25(32)30-19-12-11-18(27)20(28)21(19)29/h3-12,14H,1-2H3,(H,30,32)/t14-/m0/s1. The molecule has 4 aromatic rings. The Bertz CT molecular complexity index is 1520. The van der Waals surface area contributed by atoms with Crippen molar-refractivity contribution in [3.05, 3.63) is 99.5 Å². The zero-order valence-corrected chi connectivity index (χ0v) is 18.5. The third-order valence-corrected chi connectivity index (χ3v) is 5.35. The number of carbonyl (C=O) groups excluding carboxylic acids is 2. The molecule has 1 aromatic heterocycles. The maximum Gasteiger partial charge on any atom is 0.342 e. The van der Waals surface area contributed by atoms with E-state index in [1.807, 2.05) is 5.32 Å². The Balaban J connectivity index is 1.64. The molecule has 0 spiro atoms. The molecule has 178 valence electrons. The molecule has 0 aliphatic heterocycles. The largest absolute Gasteiger partial charge is 0.455 e. The molecule has 0 radical (unpaired) electrons. The molecule has 3 aromatic carbocycles. The van der Waals surface area contributed by atoms with Crippen LogP contribution in [0.5, 0.6) is 0 Å². The fraction of sp³-hybridized carbons (Fsp3) is 0.115. The van der Waals surface area contributed by atoms with Crippen LogP contribution in [0.2, 0.25) is 0 Å². The Labute approximate surface area is 197 Å². The van der Waals surface area contributed by atoms with Gasteiger partial charge in [-0.1, -0.05) is 36.4 Å². The molecule has 1 heterocycles. The van der Waals surface area contributed by atoms with Crippen LogP contribution in [0.25, 0.3) is 22.3 Å². The predicted molar refractivity (Wildman–Crippen MR) is 122 cm³/mol. The number of anilines is 1. The number of halogens is 3. The third-order valence-electron chi connectivity index (χ3n) is 5.35. The van der Waals surface area contributed by atoms with Crippen LogP contribution < -0.4 is 10.7 Å². The van der Waals surface area contributed by atoms with Crippen molar-refractivity contribution < 1.29 is 31.9 Å². The van der Waals surface area contributed by atoms with Gasteiger partial charge in [-0.15, -0.1) is 0 Å². The zero-order chi connectivity index (χ0) is 25.3. The molecule has 0 aliphatic carbocycles. The lowest BCUT2D eigenvalue weighted by Gasteiger charge is -2.15. The average molecular weight is 481 g/mol. The summed E-state index contributed by atoms with van der Waals surface area (Å²) >= 11 is 0. The van der Waals surface area contributed by atoms with Crippen LogP contribution in [0.3, 0.4) is 0 Å². The fourth-order valence-corrected chi connectivity index (χ4v) is 3.47. The highest BCUT2D eigenvalue weighted by molar-refractivity contribution is 6.04. The first-order valence-corrected chi connectivity index (χ1v) is 10.5. The number of hydrogen-bond donors (Lipinski definition) is 1. The molecule has 9 heteroatoms. The molecule has 0 saturated carbocycles. The quantitative estimate of drug-likeness (QED) is 0.306. The van der Waals surface area contributed by atoms with Gasteiger partial charge in [0.25, 0.3) is 5.91 Å². The fourth-order valence-electron chi connectivity index (χ4n) is 3.47. The van der Waals surface area contributed by atoms with E-state index < -0.39 is 41.1 Å². The van der Waals surface area contributed by atoms with E-state index in [0.29, 0.717) is 17.2 Å². The van der Waals surface area contributed by atoms with Gasteiger partial charge in [0.05, 0.1) is 11.1 Å². The van der Waals surface area contributed by atoms with Crippen molar-refractivity contribution >= 4 is 28.5 Å². The van der Waals surface area contributed by atoms with Gasteiger partial charge in [-0.2, -0.15) is 0 Å². The second-order valence-electron chi connectivity index (χ2n) is 7.69. The van der Waals surface area contributed by atoms with Crippen LogP contribution in [0, 0.1) is 24.4 Å². The highest BCUT2D eigenvalue weighted by Gasteiger charge is 2.24. The van der Waals surface area contributed by atoms with E-state index in [2.05, 4.69) is 0 Å². The van der Waals surface area contributed by atoms with Crippen LogP contribution >= 0.6 is 0 Å². The maximum absolute atomic E-state index is 13.9. The number of hydrogen-bond acceptors (Lipinski definition) is 5. The van der Waals surface area contributed by atoms with Gasteiger partial charge in [0.2, 0.25) is 0 Å². The molecule has 0 bridgehead atoms. The Hall–Kier alpha value is -4.40. The van der Waals surface area contributed by atoms with Gasteiger partial charge >= 0.3 is 5.97 Å². The van der Waals surface area contributed by atoms with Gasteiger partial charge in [0.1, 0.15) is 11.3 Å². The van der Waals surface area contributed by atoms with Crippen molar-refractivity contribution in [1.82, 2.24) is 0 Å². The highest BCUT2D eigenvalue weighted by Crippen LogP contribution is 2.28. The number of para-hydroxylation sites is 1. The van der Waals surface area contributed by atoms with Crippen LogP contribution in [0.15, 0.2) is 69.9 Å². The molecule has 0 fully saturated rings. The second-order valence-corrected chi connectivity index (χ2v) is 7.69. The number of carbonyl (C=O) groups is 2. The van der Waals surface area contributed by atoms with Crippen molar-refractivity contribution in [2.75, 3.05) is 5.32 Å². The number of rotatable bonds is 5. The average Bonchev–Trinajstić information content (AvgIpc) is 2.86. The predicted octanol–water partition coefficient (Wildman–Crippen LogP) is 5.37. The molecule has 35 heavy (non-hydrogen) atoms. The van der Waals surface area contributed by atoms with E-state index in [1.54, 1.807) is 37.3 Å². The molecular formula is C26H18F3NO5. The summed E-state index contributed by atoms with van der Waals surface area (Å²) in [5, 5.41) is 2.20. The topological polar surface area (TPSA) is 85.6 Å². The Morgan fingerprint density at radius 3 is 2.37 bits per heavy atom. The van der Waals surface area contributed by atoms with Gasteiger partial charge < -0.3 is 14.5 Å². The molecule has 1 atom stereocenters. The summed E-state index contributed by atoms with van der Waals surface area (Å²) in [5.74, 6) is -6.43. The number of ether oxygens (including phenoxy) is 1. The highest BCUT2D eigenvalue weighted by atomic mass is 19.2. The minimum atomic E-state index is -1.75. The second kappa shape index (κ2) is 9.46. The summed E-state index contributed by atoms with van der Waals surface area (Å²) in [6.07, 6.45) is -1.45. The molecule has 1 N–H and O–H groups in total. The summed E-state index contributed by atoms with van der Waals surface area (Å²) in [5.41, 5.74) is -0.0825. The first-order chi connectivity index (χ1) is 16.7. The number of esters is 1. The van der Waals surface area contributed by atoms with Crippen molar-refractivity contribution in [3.8, 4) is 11.3 Å². The van der Waals surface area contributed by atoms with Gasteiger partial charge in [-0.05, 0) is 38.1 Å². The molecule has 4 rings (SSSR count). The summed E-state index contributed by atoms with van der Waals surface area (Å²) in [4.78, 5) is 38.2. The smallest absolute Gasteiger partial charge is 0.342 e. The summed E-state index contributed by atoms with van der Waals surface area (Å²) in [6, 6.07) is 14.7. The summed E-state index contributed by atoms with van der Waals surface area (Å²) in [7, 11) is 0. The minimum absolute atomic E-state index is 0.0220. The Morgan fingerprint density at radius 1 is 0.943 bits per heavy atom. The zero-order valence-electron chi connectivity index (χ0n) is 18.5. The normalized spacial score (nSPS) is 11.8. The van der Waals surface area contributed by atoms with E-state index in [4.69, 9.17) is 9.15 Å². The third kappa shape index (κ3) is 4.52. The monoisotopic (exact) mass is 481 g/mol. The number of fused-ring (bicyclic) bond motifs is 1. The SMILES string of the molecule is Cc1c(-c2ccccc2)oc2c(C(=O)O[C@@H](C)C(=O)Nc3ccc(F)c(F)c3F)cccc2c1=O. The van der Waals surface area contributed by atoms with Crippen LogP contribution in [-0.2, 0) is 9.53 Å². The molecule has 0 aliphatic rings. The van der Waals surface area contributed by atoms with Crippen molar-refractivity contribution in [1.29, 1.82) is 0 Å². The lowest BCUT2D eigenvalue weighted by Crippen LogP contribution is -2.30. The van der Waals surface area contributed by atoms with Crippen molar-refractivity contribution in [2.45, 2.75) is 20.0 Å². The van der Waals surface area contributed by atoms with E-state index in [-0.39, 0.29) is 27.7 Å². The molecule has 0 saturated heterocycles. The van der Waals surface area contributed by atoms with Crippen LogP contribution in [-0.4, -0.2) is 18.0 Å². The van der Waals surface area contributed by atoms with Gasteiger partial charge in [0.15, 0.2) is 34.6 Å². The first kappa shape index (κ1) is 23.7. The Kier molecular flexibility index (Phi) is 6.42. The van der Waals surface area contributed by atoms with Crippen LogP contribution in [0.4, 0.5) is 18.9 Å². The molecular weight excluding hydrogens is 463 g/mol. The van der Waals surface area contributed by atoms with Gasteiger partial charge in [0, 0.05) is 11.1 Å². The van der Waals surface area contributed by atoms with E-state index in [0.717, 1.165) is 6.07 Å². The van der Waals surface area contributed by atoms with Crippen molar-refractivity contribution in [2.24, 2.45) is 0 Å². The molecule has 0 unspecified atom stereocenters. The summed E-state index contributed by atoms with van der Waals surface area (Å²) in [6.45, 7) is 2.83. The minimum Gasteiger partial charge on any atom is -0.455 e. The van der Waals surface area contributed by atoms with Crippen LogP contribution in [0.1, 0.15) is 22.8 Å². The molecule has 6 nitrogen and oxygen atoms in total. The number of nitrogens with one attached hydrogen (secondary N) is 1. The van der Waals surface area contributed by atoms with E-state index in [1.165, 1.54) is 25.1 Å². The van der Waals surface area contributed by atoms with E-state index >= 15 is 0 Å². The van der Waals surface area contributed by atoms with E-state index in [9.17, 15) is 27.6 Å². The number of amides is 1. The van der Waals surface area contributed by atoms with Gasteiger partial charge in [-0.25, -0.2) is 18.0 Å². The van der Waals surface area contributed by atoms with Crippen molar-refractivity contribution in [3.63, 3.8) is 0 Å². The van der Waals surface area contributed by atoms with Gasteiger partial charge in [-0.3, -0.25) is 9.59 Å². The maximum atomic E-state index is 13.9. The lowest BCUT2D eigenvalue weighted by atomic mass is 10.0. The number of benzene rings is 3. The molecule has 1 amide bonds. The Morgan fingerprint density at radius 2 is 1.66 bits per heavy atom.